The molecule has 1 aromatic rings. The van der Waals surface area contributed by atoms with Gasteiger partial charge in [0.25, 0.3) is 0 Å². The van der Waals surface area contributed by atoms with E-state index in [2.05, 4.69) is 62.3 Å². The van der Waals surface area contributed by atoms with Gasteiger partial charge in [0.05, 0.1) is 0 Å². The van der Waals surface area contributed by atoms with Crippen molar-refractivity contribution in [3.8, 4) is 0 Å². The highest BCUT2D eigenvalue weighted by Gasteiger charge is 2.32. The summed E-state index contributed by atoms with van der Waals surface area (Å²) in [7, 11) is 0. The monoisotopic (exact) mass is 280 g/mol. The van der Waals surface area contributed by atoms with Gasteiger partial charge in [0.2, 0.25) is 0 Å². The van der Waals surface area contributed by atoms with Crippen molar-refractivity contribution >= 4 is 11.3 Å². The first-order chi connectivity index (χ1) is 8.90. The lowest BCUT2D eigenvalue weighted by Gasteiger charge is -2.43. The molecule has 1 aromatic heterocycles. The smallest absolute Gasteiger partial charge is 0.0218 e. The summed E-state index contributed by atoms with van der Waals surface area (Å²) in [6.45, 7) is 15.2. The van der Waals surface area contributed by atoms with Gasteiger partial charge in [0.1, 0.15) is 0 Å². The molecular formula is C16H28N2S. The molecule has 2 nitrogen and oxygen atoms in total. The molecule has 3 heteroatoms. The predicted molar refractivity (Wildman–Crippen MR) is 85.0 cm³/mol. The Bertz CT molecular complexity index is 383. The molecule has 1 saturated heterocycles. The Morgan fingerprint density at radius 2 is 2.21 bits per heavy atom. The maximum Gasteiger partial charge on any atom is 0.0218 e. The van der Waals surface area contributed by atoms with E-state index >= 15 is 0 Å². The highest BCUT2D eigenvalue weighted by Crippen LogP contribution is 2.29. The summed E-state index contributed by atoms with van der Waals surface area (Å²) >= 11 is 1.88. The van der Waals surface area contributed by atoms with E-state index in [1.807, 2.05) is 11.3 Å². The van der Waals surface area contributed by atoms with E-state index in [0.29, 0.717) is 18.0 Å². The highest BCUT2D eigenvalue weighted by molar-refractivity contribution is 7.10. The minimum atomic E-state index is 0.251. The SMILES string of the molecule is CC(C)C1CN(CC(C)(C)c2cccs2)C(C)CN1. The molecule has 2 atom stereocenters. The second-order valence-electron chi connectivity index (χ2n) is 6.90. The van der Waals surface area contributed by atoms with E-state index in [1.54, 1.807) is 0 Å². The van der Waals surface area contributed by atoms with Crippen molar-refractivity contribution in [3.63, 3.8) is 0 Å². The van der Waals surface area contributed by atoms with E-state index in [-0.39, 0.29) is 5.41 Å². The average Bonchev–Trinajstić information content (AvgIpc) is 2.85. The van der Waals surface area contributed by atoms with Gasteiger partial charge in [-0.2, -0.15) is 0 Å². The van der Waals surface area contributed by atoms with Crippen LogP contribution in [0.15, 0.2) is 17.5 Å². The van der Waals surface area contributed by atoms with Crippen LogP contribution in [0.2, 0.25) is 0 Å². The van der Waals surface area contributed by atoms with Gasteiger partial charge < -0.3 is 5.32 Å². The maximum atomic E-state index is 3.68. The van der Waals surface area contributed by atoms with Gasteiger partial charge in [-0.25, -0.2) is 0 Å². The second-order valence-corrected chi connectivity index (χ2v) is 7.85. The van der Waals surface area contributed by atoms with Gasteiger partial charge in [-0.05, 0) is 24.3 Å². The number of thiophene rings is 1. The van der Waals surface area contributed by atoms with Crippen LogP contribution >= 0.6 is 11.3 Å². The molecule has 0 radical (unpaired) electrons. The molecule has 2 unspecified atom stereocenters. The molecule has 2 heterocycles. The molecule has 0 aromatic carbocycles. The summed E-state index contributed by atoms with van der Waals surface area (Å²) < 4.78 is 0. The molecule has 1 fully saturated rings. The summed E-state index contributed by atoms with van der Waals surface area (Å²) in [5.74, 6) is 0.708. The van der Waals surface area contributed by atoms with Gasteiger partial charge >= 0.3 is 0 Å². The quantitative estimate of drug-likeness (QED) is 0.910. The molecular weight excluding hydrogens is 252 g/mol. The molecule has 2 rings (SSSR count). The third kappa shape index (κ3) is 3.59. The van der Waals surface area contributed by atoms with Crippen molar-refractivity contribution in [2.24, 2.45) is 5.92 Å². The van der Waals surface area contributed by atoms with E-state index in [1.165, 1.54) is 11.4 Å². The van der Waals surface area contributed by atoms with Crippen LogP contribution in [0.25, 0.3) is 0 Å². The molecule has 0 saturated carbocycles. The molecule has 19 heavy (non-hydrogen) atoms. The molecule has 0 spiro atoms. The number of nitrogens with one attached hydrogen (secondary N) is 1. The number of hydrogen-bond donors (Lipinski definition) is 1. The lowest BCUT2D eigenvalue weighted by molar-refractivity contribution is 0.102. The van der Waals surface area contributed by atoms with Crippen LogP contribution in [0, 0.1) is 5.92 Å². The maximum absolute atomic E-state index is 3.68. The first-order valence-corrected chi connectivity index (χ1v) is 8.29. The lowest BCUT2D eigenvalue weighted by atomic mass is 9.89. The Labute approximate surface area is 122 Å². The van der Waals surface area contributed by atoms with Crippen LogP contribution in [-0.2, 0) is 5.41 Å². The molecule has 108 valence electrons. The van der Waals surface area contributed by atoms with Gasteiger partial charge in [-0.1, -0.05) is 33.8 Å². The zero-order valence-electron chi connectivity index (χ0n) is 12.9. The van der Waals surface area contributed by atoms with Gasteiger partial charge in [0, 0.05) is 42.0 Å². The first-order valence-electron chi connectivity index (χ1n) is 7.41. The predicted octanol–water partition coefficient (Wildman–Crippen LogP) is 3.34. The van der Waals surface area contributed by atoms with Gasteiger partial charge in [0.15, 0.2) is 0 Å². The van der Waals surface area contributed by atoms with Crippen molar-refractivity contribution in [3.05, 3.63) is 22.4 Å². The Morgan fingerprint density at radius 1 is 1.47 bits per heavy atom. The van der Waals surface area contributed by atoms with Crippen LogP contribution in [0.3, 0.4) is 0 Å². The summed E-state index contributed by atoms with van der Waals surface area (Å²) in [5, 5.41) is 5.87. The van der Waals surface area contributed by atoms with E-state index in [0.717, 1.165) is 13.1 Å². The number of piperazine rings is 1. The molecule has 1 aliphatic rings. The Hall–Kier alpha value is -0.380. The largest absolute Gasteiger partial charge is 0.311 e. The topological polar surface area (TPSA) is 15.3 Å². The Morgan fingerprint density at radius 3 is 2.79 bits per heavy atom. The Kier molecular flexibility index (Phi) is 4.70. The van der Waals surface area contributed by atoms with Gasteiger partial charge in [-0.3, -0.25) is 4.90 Å². The van der Waals surface area contributed by atoms with Gasteiger partial charge in [-0.15, -0.1) is 11.3 Å². The standard InChI is InChI=1S/C16H28N2S/c1-12(2)14-10-18(13(3)9-17-14)11-16(4,5)15-7-6-8-19-15/h6-8,12-14,17H,9-11H2,1-5H3. The van der Waals surface area contributed by atoms with Crippen molar-refractivity contribution in [2.45, 2.75) is 52.1 Å². The lowest BCUT2D eigenvalue weighted by Crippen LogP contribution is -2.59. The molecule has 1 N–H and O–H groups in total. The second kappa shape index (κ2) is 5.94. The third-order valence-corrected chi connectivity index (χ3v) is 5.56. The summed E-state index contributed by atoms with van der Waals surface area (Å²) in [4.78, 5) is 4.17. The minimum absolute atomic E-state index is 0.251. The summed E-state index contributed by atoms with van der Waals surface area (Å²) in [5.41, 5.74) is 0.251. The zero-order valence-corrected chi connectivity index (χ0v) is 13.8. The first kappa shape index (κ1) is 15.0. The summed E-state index contributed by atoms with van der Waals surface area (Å²) in [6, 6.07) is 5.71. The fourth-order valence-corrected chi connectivity index (χ4v) is 3.71. The number of nitrogens with zero attached hydrogens (tertiary/aromatic N) is 1. The fourth-order valence-electron chi connectivity index (χ4n) is 2.86. The van der Waals surface area contributed by atoms with E-state index < -0.39 is 0 Å². The number of rotatable bonds is 4. The average molecular weight is 280 g/mol. The highest BCUT2D eigenvalue weighted by atomic mass is 32.1. The minimum Gasteiger partial charge on any atom is -0.311 e. The van der Waals surface area contributed by atoms with Crippen molar-refractivity contribution in [2.75, 3.05) is 19.6 Å². The van der Waals surface area contributed by atoms with Crippen LogP contribution in [0.1, 0.15) is 39.5 Å². The molecule has 0 bridgehead atoms. The van der Waals surface area contributed by atoms with Crippen molar-refractivity contribution in [1.82, 2.24) is 10.2 Å². The zero-order chi connectivity index (χ0) is 14.0. The third-order valence-electron chi connectivity index (χ3n) is 4.32. The fraction of sp³-hybridized carbons (Fsp3) is 0.750. The number of hydrogen-bond acceptors (Lipinski definition) is 3. The normalized spacial score (nSPS) is 26.0. The van der Waals surface area contributed by atoms with E-state index in [4.69, 9.17) is 0 Å². The van der Waals surface area contributed by atoms with Crippen LogP contribution < -0.4 is 5.32 Å². The molecule has 0 aliphatic carbocycles. The Balaban J connectivity index is 2.04. The van der Waals surface area contributed by atoms with Crippen molar-refractivity contribution < 1.29 is 0 Å². The van der Waals surface area contributed by atoms with Crippen LogP contribution in [0.5, 0.6) is 0 Å². The summed E-state index contributed by atoms with van der Waals surface area (Å²) in [6.07, 6.45) is 0. The van der Waals surface area contributed by atoms with E-state index in [9.17, 15) is 0 Å². The molecule has 0 amide bonds. The molecule has 1 aliphatic heterocycles. The van der Waals surface area contributed by atoms with Crippen molar-refractivity contribution in [1.29, 1.82) is 0 Å². The van der Waals surface area contributed by atoms with Crippen LogP contribution in [0.4, 0.5) is 0 Å². The van der Waals surface area contributed by atoms with Crippen LogP contribution in [-0.4, -0.2) is 36.6 Å².